The lowest BCUT2D eigenvalue weighted by Crippen LogP contribution is -2.14. The van der Waals surface area contributed by atoms with Gasteiger partial charge in [0, 0.05) is 6.54 Å². The van der Waals surface area contributed by atoms with Crippen LogP contribution >= 0.6 is 0 Å². The number of fused-ring (bicyclic) bond motifs is 1. The Morgan fingerprint density at radius 3 is 2.70 bits per heavy atom. The highest BCUT2D eigenvalue weighted by Crippen LogP contribution is 2.19. The van der Waals surface area contributed by atoms with Crippen LogP contribution in [0.5, 0.6) is 5.75 Å². The van der Waals surface area contributed by atoms with E-state index in [0.29, 0.717) is 19.7 Å². The molecule has 0 amide bonds. The number of ether oxygens (including phenoxy) is 1. The van der Waals surface area contributed by atoms with Gasteiger partial charge >= 0.3 is 0 Å². The predicted molar refractivity (Wildman–Crippen MR) is 92.0 cm³/mol. The maximum atomic E-state index is 9.02. The number of para-hydroxylation sites is 2. The van der Waals surface area contributed by atoms with E-state index in [0.717, 1.165) is 22.7 Å². The van der Waals surface area contributed by atoms with Gasteiger partial charge in [-0.2, -0.15) is 0 Å². The number of anilines is 1. The van der Waals surface area contributed by atoms with Crippen molar-refractivity contribution in [3.05, 3.63) is 54.1 Å². The Balaban J connectivity index is 1.73. The smallest absolute Gasteiger partial charge is 0.204 e. The minimum absolute atomic E-state index is 0.0725. The number of rotatable bonds is 7. The van der Waals surface area contributed by atoms with E-state index in [1.165, 1.54) is 5.56 Å². The summed E-state index contributed by atoms with van der Waals surface area (Å²) >= 11 is 0. The molecule has 0 spiro atoms. The van der Waals surface area contributed by atoms with Crippen molar-refractivity contribution in [2.75, 3.05) is 25.1 Å². The normalized spacial score (nSPS) is 10.9. The van der Waals surface area contributed by atoms with Crippen LogP contribution in [0.4, 0.5) is 5.95 Å². The number of imidazole rings is 1. The molecule has 5 nitrogen and oxygen atoms in total. The second-order valence-electron chi connectivity index (χ2n) is 5.39. The van der Waals surface area contributed by atoms with Crippen LogP contribution in [0.25, 0.3) is 11.0 Å². The minimum Gasteiger partial charge on any atom is -0.492 e. The molecule has 5 heteroatoms. The molecular formula is C18H21N3O2. The highest BCUT2D eigenvalue weighted by atomic mass is 16.5. The lowest BCUT2D eigenvalue weighted by atomic mass is 10.2. The quantitative estimate of drug-likeness (QED) is 0.704. The Labute approximate surface area is 135 Å². The first-order valence-corrected chi connectivity index (χ1v) is 7.77. The third-order valence-corrected chi connectivity index (χ3v) is 3.65. The van der Waals surface area contributed by atoms with Crippen LogP contribution in [0, 0.1) is 6.92 Å². The van der Waals surface area contributed by atoms with Gasteiger partial charge in [-0.3, -0.25) is 0 Å². The molecule has 0 bridgehead atoms. The summed E-state index contributed by atoms with van der Waals surface area (Å²) < 4.78 is 7.90. The van der Waals surface area contributed by atoms with Crippen LogP contribution in [-0.4, -0.2) is 34.4 Å². The third-order valence-electron chi connectivity index (χ3n) is 3.65. The van der Waals surface area contributed by atoms with Gasteiger partial charge in [0.15, 0.2) is 0 Å². The van der Waals surface area contributed by atoms with Crippen LogP contribution in [0.1, 0.15) is 5.56 Å². The van der Waals surface area contributed by atoms with E-state index in [1.807, 2.05) is 48.5 Å². The van der Waals surface area contributed by atoms with E-state index in [4.69, 9.17) is 9.84 Å². The van der Waals surface area contributed by atoms with Gasteiger partial charge in [0.1, 0.15) is 12.4 Å². The van der Waals surface area contributed by atoms with E-state index in [1.54, 1.807) is 0 Å². The van der Waals surface area contributed by atoms with E-state index < -0.39 is 0 Å². The van der Waals surface area contributed by atoms with Gasteiger partial charge in [0.05, 0.1) is 24.2 Å². The predicted octanol–water partition coefficient (Wildman–Crippen LogP) is 2.83. The van der Waals surface area contributed by atoms with E-state index >= 15 is 0 Å². The monoisotopic (exact) mass is 311 g/mol. The Morgan fingerprint density at radius 1 is 1.13 bits per heavy atom. The Kier molecular flexibility index (Phi) is 4.78. The number of nitrogens with zero attached hydrogens (tertiary/aromatic N) is 2. The van der Waals surface area contributed by atoms with E-state index in [9.17, 15) is 0 Å². The molecule has 0 atom stereocenters. The van der Waals surface area contributed by atoms with Crippen molar-refractivity contribution in [1.82, 2.24) is 9.55 Å². The number of aromatic nitrogens is 2. The zero-order valence-corrected chi connectivity index (χ0v) is 13.2. The lowest BCUT2D eigenvalue weighted by molar-refractivity contribution is 0.299. The molecule has 0 unspecified atom stereocenters. The summed E-state index contributed by atoms with van der Waals surface area (Å²) in [6.45, 7) is 3.84. The minimum atomic E-state index is 0.0725. The maximum absolute atomic E-state index is 9.02. The summed E-state index contributed by atoms with van der Waals surface area (Å²) in [5.74, 6) is 1.62. The summed E-state index contributed by atoms with van der Waals surface area (Å²) in [7, 11) is 0. The molecule has 0 radical (unpaired) electrons. The number of benzene rings is 2. The highest BCUT2D eigenvalue weighted by molar-refractivity contribution is 5.78. The topological polar surface area (TPSA) is 59.3 Å². The molecule has 2 aromatic carbocycles. The van der Waals surface area contributed by atoms with Crippen LogP contribution in [-0.2, 0) is 6.54 Å². The number of aliphatic hydroxyl groups excluding tert-OH is 1. The Morgan fingerprint density at radius 2 is 1.91 bits per heavy atom. The zero-order valence-electron chi connectivity index (χ0n) is 13.2. The molecule has 2 N–H and O–H groups in total. The van der Waals surface area contributed by atoms with Crippen molar-refractivity contribution in [1.29, 1.82) is 0 Å². The van der Waals surface area contributed by atoms with Crippen molar-refractivity contribution >= 4 is 17.0 Å². The molecule has 1 heterocycles. The average Bonchev–Trinajstić information content (AvgIpc) is 2.93. The van der Waals surface area contributed by atoms with E-state index in [-0.39, 0.29) is 6.61 Å². The summed E-state index contributed by atoms with van der Waals surface area (Å²) in [4.78, 5) is 4.57. The van der Waals surface area contributed by atoms with Crippen LogP contribution < -0.4 is 10.1 Å². The number of hydrogen-bond donors (Lipinski definition) is 2. The lowest BCUT2D eigenvalue weighted by Gasteiger charge is -2.11. The van der Waals surface area contributed by atoms with Crippen LogP contribution in [0.15, 0.2) is 48.5 Å². The summed E-state index contributed by atoms with van der Waals surface area (Å²) in [6.07, 6.45) is 0. The zero-order chi connectivity index (χ0) is 16.1. The first-order valence-electron chi connectivity index (χ1n) is 7.77. The first kappa shape index (κ1) is 15.4. The molecule has 3 aromatic rings. The van der Waals surface area contributed by atoms with Gasteiger partial charge in [-0.1, -0.05) is 29.8 Å². The molecule has 0 saturated carbocycles. The molecular weight excluding hydrogens is 290 g/mol. The SMILES string of the molecule is Cc1ccc(OCCn2c(NCCO)nc3ccccc32)cc1. The number of nitrogens with one attached hydrogen (secondary N) is 1. The van der Waals surface area contributed by atoms with Gasteiger partial charge in [0.2, 0.25) is 5.95 Å². The Hall–Kier alpha value is -2.53. The second-order valence-corrected chi connectivity index (χ2v) is 5.39. The summed E-state index contributed by atoms with van der Waals surface area (Å²) in [5.41, 5.74) is 3.21. The van der Waals surface area contributed by atoms with Crippen LogP contribution in [0.3, 0.4) is 0 Å². The third kappa shape index (κ3) is 3.63. The van der Waals surface area contributed by atoms with Gasteiger partial charge in [-0.05, 0) is 31.2 Å². The van der Waals surface area contributed by atoms with Gasteiger partial charge in [0.25, 0.3) is 0 Å². The molecule has 3 rings (SSSR count). The molecule has 0 aliphatic carbocycles. The summed E-state index contributed by atoms with van der Waals surface area (Å²) in [6, 6.07) is 16.0. The Bertz CT molecular complexity index is 766. The highest BCUT2D eigenvalue weighted by Gasteiger charge is 2.09. The van der Waals surface area contributed by atoms with Crippen molar-refractivity contribution < 1.29 is 9.84 Å². The van der Waals surface area contributed by atoms with Crippen LogP contribution in [0.2, 0.25) is 0 Å². The van der Waals surface area contributed by atoms with Crippen molar-refractivity contribution in [3.63, 3.8) is 0 Å². The fraction of sp³-hybridized carbons (Fsp3) is 0.278. The number of hydrogen-bond acceptors (Lipinski definition) is 4. The van der Waals surface area contributed by atoms with Gasteiger partial charge < -0.3 is 19.7 Å². The van der Waals surface area contributed by atoms with Crippen molar-refractivity contribution in [3.8, 4) is 5.75 Å². The van der Waals surface area contributed by atoms with Gasteiger partial charge in [-0.15, -0.1) is 0 Å². The molecule has 0 aliphatic rings. The fourth-order valence-electron chi connectivity index (χ4n) is 2.49. The molecule has 1 aromatic heterocycles. The number of aliphatic hydroxyl groups is 1. The maximum Gasteiger partial charge on any atom is 0.204 e. The van der Waals surface area contributed by atoms with Gasteiger partial charge in [-0.25, -0.2) is 4.98 Å². The molecule has 120 valence electrons. The van der Waals surface area contributed by atoms with Crippen molar-refractivity contribution in [2.24, 2.45) is 0 Å². The van der Waals surface area contributed by atoms with E-state index in [2.05, 4.69) is 21.8 Å². The molecule has 23 heavy (non-hydrogen) atoms. The largest absolute Gasteiger partial charge is 0.492 e. The standard InChI is InChI=1S/C18H21N3O2/c1-14-6-8-15(9-7-14)23-13-11-21-17-5-3-2-4-16(17)20-18(21)19-10-12-22/h2-9,22H,10-13H2,1H3,(H,19,20). The number of aryl methyl sites for hydroxylation is 1. The fourth-order valence-corrected chi connectivity index (χ4v) is 2.49. The first-order chi connectivity index (χ1) is 11.3. The average molecular weight is 311 g/mol. The summed E-state index contributed by atoms with van der Waals surface area (Å²) in [5, 5.41) is 12.2. The van der Waals surface area contributed by atoms with Crippen molar-refractivity contribution in [2.45, 2.75) is 13.5 Å². The molecule has 0 fully saturated rings. The molecule has 0 aliphatic heterocycles. The second kappa shape index (κ2) is 7.15. The molecule has 0 saturated heterocycles.